The summed E-state index contributed by atoms with van der Waals surface area (Å²) in [6.45, 7) is 5.68. The van der Waals surface area contributed by atoms with Gasteiger partial charge in [0, 0.05) is 13.0 Å². The SMILES string of the molecule is CC1=C[C@@H](C)[C@@H]2C(=O)N(CCC[NH+](C)C)C(=O)[C@H]2C1. The quantitative estimate of drug-likeness (QED) is 0.579. The van der Waals surface area contributed by atoms with E-state index < -0.39 is 0 Å². The summed E-state index contributed by atoms with van der Waals surface area (Å²) in [5, 5.41) is 0. The Labute approximate surface area is 115 Å². The second-order valence-electron chi connectivity index (χ2n) is 6.35. The number of imide groups is 1. The summed E-state index contributed by atoms with van der Waals surface area (Å²) < 4.78 is 0. The van der Waals surface area contributed by atoms with Gasteiger partial charge in [-0.25, -0.2) is 0 Å². The van der Waals surface area contributed by atoms with Crippen molar-refractivity contribution in [1.29, 1.82) is 0 Å². The lowest BCUT2D eigenvalue weighted by Gasteiger charge is -2.25. The second kappa shape index (κ2) is 5.45. The summed E-state index contributed by atoms with van der Waals surface area (Å²) in [6, 6.07) is 0. The molecule has 2 aliphatic rings. The van der Waals surface area contributed by atoms with Gasteiger partial charge < -0.3 is 4.90 Å². The van der Waals surface area contributed by atoms with E-state index in [1.165, 1.54) is 15.4 Å². The third-order valence-corrected chi connectivity index (χ3v) is 4.28. The van der Waals surface area contributed by atoms with Crippen LogP contribution in [0.5, 0.6) is 0 Å². The molecule has 2 rings (SSSR count). The molecule has 106 valence electrons. The minimum absolute atomic E-state index is 0.0556. The molecule has 3 atom stereocenters. The molecule has 2 amide bonds. The second-order valence-corrected chi connectivity index (χ2v) is 6.35. The fourth-order valence-electron chi connectivity index (χ4n) is 3.40. The third-order valence-electron chi connectivity index (χ3n) is 4.28. The summed E-state index contributed by atoms with van der Waals surface area (Å²) in [4.78, 5) is 27.7. The average molecular weight is 265 g/mol. The highest BCUT2D eigenvalue weighted by Crippen LogP contribution is 2.40. The summed E-state index contributed by atoms with van der Waals surface area (Å²) in [7, 11) is 4.17. The molecule has 0 unspecified atom stereocenters. The normalized spacial score (nSPS) is 30.9. The lowest BCUT2D eigenvalue weighted by molar-refractivity contribution is -0.858. The van der Waals surface area contributed by atoms with E-state index in [1.54, 1.807) is 0 Å². The number of nitrogens with one attached hydrogen (secondary N) is 1. The van der Waals surface area contributed by atoms with Crippen LogP contribution in [0.25, 0.3) is 0 Å². The highest BCUT2D eigenvalue weighted by atomic mass is 16.2. The molecule has 1 heterocycles. The fourth-order valence-corrected chi connectivity index (χ4v) is 3.40. The van der Waals surface area contributed by atoms with Gasteiger partial charge >= 0.3 is 0 Å². The molecule has 0 aromatic heterocycles. The maximum absolute atomic E-state index is 12.4. The molecule has 0 aromatic carbocycles. The number of allylic oxidation sites excluding steroid dienone is 2. The van der Waals surface area contributed by atoms with E-state index in [-0.39, 0.29) is 29.6 Å². The molecule has 1 fully saturated rings. The number of hydrogen-bond acceptors (Lipinski definition) is 2. The van der Waals surface area contributed by atoms with Gasteiger partial charge in [0.2, 0.25) is 11.8 Å². The van der Waals surface area contributed by atoms with E-state index >= 15 is 0 Å². The van der Waals surface area contributed by atoms with Crippen molar-refractivity contribution in [2.24, 2.45) is 17.8 Å². The van der Waals surface area contributed by atoms with Crippen LogP contribution in [-0.2, 0) is 9.59 Å². The zero-order valence-corrected chi connectivity index (χ0v) is 12.4. The number of quaternary nitrogens is 1. The van der Waals surface area contributed by atoms with Gasteiger partial charge in [0.25, 0.3) is 0 Å². The third kappa shape index (κ3) is 2.73. The van der Waals surface area contributed by atoms with Crippen LogP contribution >= 0.6 is 0 Å². The smallest absolute Gasteiger partial charge is 0.233 e. The van der Waals surface area contributed by atoms with Gasteiger partial charge in [-0.3, -0.25) is 14.5 Å². The van der Waals surface area contributed by atoms with E-state index in [2.05, 4.69) is 34.0 Å². The first-order chi connectivity index (χ1) is 8.91. The standard InChI is InChI=1S/C15H24N2O2/c1-10-8-11(2)13-12(9-10)14(18)17(15(13)19)7-5-6-16(3)4/h8,11-13H,5-7,9H2,1-4H3/p+1/t11-,12+,13+/m1/s1. The molecule has 0 spiro atoms. The van der Waals surface area contributed by atoms with Crippen LogP contribution in [0.15, 0.2) is 11.6 Å². The molecule has 0 saturated carbocycles. The van der Waals surface area contributed by atoms with Gasteiger partial charge in [-0.15, -0.1) is 0 Å². The van der Waals surface area contributed by atoms with Gasteiger partial charge in [0.1, 0.15) is 0 Å². The van der Waals surface area contributed by atoms with Crippen molar-refractivity contribution in [3.05, 3.63) is 11.6 Å². The van der Waals surface area contributed by atoms with Crippen molar-refractivity contribution in [1.82, 2.24) is 4.90 Å². The van der Waals surface area contributed by atoms with E-state index in [0.29, 0.717) is 6.54 Å². The van der Waals surface area contributed by atoms with Crippen molar-refractivity contribution in [2.75, 3.05) is 27.2 Å². The molecule has 4 heteroatoms. The first-order valence-corrected chi connectivity index (χ1v) is 7.23. The van der Waals surface area contributed by atoms with Crippen LogP contribution in [0.3, 0.4) is 0 Å². The van der Waals surface area contributed by atoms with Crippen LogP contribution in [-0.4, -0.2) is 43.9 Å². The minimum atomic E-state index is -0.108. The maximum atomic E-state index is 12.4. The molecule has 0 bridgehead atoms. The van der Waals surface area contributed by atoms with Crippen molar-refractivity contribution < 1.29 is 14.5 Å². The monoisotopic (exact) mass is 265 g/mol. The molecule has 0 radical (unpaired) electrons. The predicted molar refractivity (Wildman–Crippen MR) is 73.5 cm³/mol. The number of carbonyl (C=O) groups excluding carboxylic acids is 2. The number of carbonyl (C=O) groups is 2. The van der Waals surface area contributed by atoms with Crippen LogP contribution in [0, 0.1) is 17.8 Å². The molecular weight excluding hydrogens is 240 g/mol. The van der Waals surface area contributed by atoms with Crippen molar-refractivity contribution >= 4 is 11.8 Å². The fraction of sp³-hybridized carbons (Fsp3) is 0.733. The molecule has 0 aromatic rings. The summed E-state index contributed by atoms with van der Waals surface area (Å²) in [6.07, 6.45) is 3.80. The zero-order chi connectivity index (χ0) is 14.2. The number of nitrogens with zero attached hydrogens (tertiary/aromatic N) is 1. The Kier molecular flexibility index (Phi) is 4.09. The van der Waals surface area contributed by atoms with Crippen LogP contribution < -0.4 is 4.90 Å². The Bertz CT molecular complexity index is 414. The Morgan fingerprint density at radius 3 is 2.63 bits per heavy atom. The number of amides is 2. The molecule has 1 saturated heterocycles. The first-order valence-electron chi connectivity index (χ1n) is 7.23. The Hall–Kier alpha value is -1.16. The summed E-state index contributed by atoms with van der Waals surface area (Å²) in [5.41, 5.74) is 1.24. The minimum Gasteiger partial charge on any atom is -0.340 e. The number of hydrogen-bond donors (Lipinski definition) is 1. The summed E-state index contributed by atoms with van der Waals surface area (Å²) >= 11 is 0. The molecule has 1 aliphatic carbocycles. The molecular formula is C15H25N2O2+. The van der Waals surface area contributed by atoms with Gasteiger partial charge in [-0.2, -0.15) is 0 Å². The van der Waals surface area contributed by atoms with Gasteiger partial charge in [0.15, 0.2) is 0 Å². The van der Waals surface area contributed by atoms with Gasteiger partial charge in [0.05, 0.1) is 32.5 Å². The predicted octanol–water partition coefficient (Wildman–Crippen LogP) is 0.108. The Morgan fingerprint density at radius 2 is 2.00 bits per heavy atom. The average Bonchev–Trinajstić information content (AvgIpc) is 2.53. The molecule has 19 heavy (non-hydrogen) atoms. The zero-order valence-electron chi connectivity index (χ0n) is 12.4. The topological polar surface area (TPSA) is 41.8 Å². The molecule has 1 N–H and O–H groups in total. The highest BCUT2D eigenvalue weighted by Gasteiger charge is 2.50. The van der Waals surface area contributed by atoms with Crippen molar-refractivity contribution in [2.45, 2.75) is 26.7 Å². The van der Waals surface area contributed by atoms with Crippen LogP contribution in [0.1, 0.15) is 26.7 Å². The number of likely N-dealkylation sites (tertiary alicyclic amines) is 1. The Morgan fingerprint density at radius 1 is 1.32 bits per heavy atom. The first kappa shape index (κ1) is 14.3. The maximum Gasteiger partial charge on any atom is 0.233 e. The van der Waals surface area contributed by atoms with E-state index in [9.17, 15) is 9.59 Å². The van der Waals surface area contributed by atoms with E-state index in [0.717, 1.165) is 19.4 Å². The largest absolute Gasteiger partial charge is 0.340 e. The lowest BCUT2D eigenvalue weighted by atomic mass is 9.76. The highest BCUT2D eigenvalue weighted by molar-refractivity contribution is 6.05. The van der Waals surface area contributed by atoms with E-state index in [4.69, 9.17) is 0 Å². The number of fused-ring (bicyclic) bond motifs is 1. The van der Waals surface area contributed by atoms with Crippen molar-refractivity contribution in [3.63, 3.8) is 0 Å². The van der Waals surface area contributed by atoms with Gasteiger partial charge in [-0.05, 0) is 19.3 Å². The van der Waals surface area contributed by atoms with Crippen molar-refractivity contribution in [3.8, 4) is 0 Å². The van der Waals surface area contributed by atoms with Crippen LogP contribution in [0.4, 0.5) is 0 Å². The van der Waals surface area contributed by atoms with E-state index in [1.807, 2.05) is 0 Å². The summed E-state index contributed by atoms with van der Waals surface area (Å²) in [5.74, 6) is 0.102. The lowest BCUT2D eigenvalue weighted by Crippen LogP contribution is -3.05. The Balaban J connectivity index is 2.06. The number of rotatable bonds is 4. The molecule has 4 nitrogen and oxygen atoms in total. The van der Waals surface area contributed by atoms with Gasteiger partial charge in [-0.1, -0.05) is 18.6 Å². The van der Waals surface area contributed by atoms with Crippen LogP contribution in [0.2, 0.25) is 0 Å². The molecule has 1 aliphatic heterocycles.